The summed E-state index contributed by atoms with van der Waals surface area (Å²) in [5.74, 6) is 0.394. The molecule has 1 rings (SSSR count). The number of hydrogen-bond donors (Lipinski definition) is 0. The van der Waals surface area contributed by atoms with Gasteiger partial charge < -0.3 is 4.90 Å². The normalized spacial score (nSPS) is 15.1. The number of rotatable bonds is 14. The van der Waals surface area contributed by atoms with Crippen molar-refractivity contribution in [2.24, 2.45) is 0 Å². The van der Waals surface area contributed by atoms with Gasteiger partial charge in [0.2, 0.25) is 5.91 Å². The second-order valence-corrected chi connectivity index (χ2v) is 7.04. The highest BCUT2D eigenvalue weighted by atomic mass is 16.2. The Hall–Kier alpha value is -1.05. The highest BCUT2D eigenvalue weighted by Crippen LogP contribution is 2.13. The molecule has 1 fully saturated rings. The number of unbranched alkanes of at least 4 members (excludes halogenated alkanes) is 8. The summed E-state index contributed by atoms with van der Waals surface area (Å²) in [7, 11) is 0. The third-order valence-corrected chi connectivity index (χ3v) is 4.81. The van der Waals surface area contributed by atoms with E-state index in [2.05, 4.69) is 36.1 Å². The van der Waals surface area contributed by atoms with Crippen LogP contribution in [0.5, 0.6) is 0 Å². The predicted octanol–water partition coefficient (Wildman–Crippen LogP) is 6.42. The summed E-state index contributed by atoms with van der Waals surface area (Å²) in [6.07, 6.45) is 26.1. The first-order valence-corrected chi connectivity index (χ1v) is 10.4. The second kappa shape index (κ2) is 15.5. The fourth-order valence-electron chi connectivity index (χ4n) is 3.28. The van der Waals surface area contributed by atoms with Gasteiger partial charge in [0.05, 0.1) is 0 Å². The summed E-state index contributed by atoms with van der Waals surface area (Å²) in [5.41, 5.74) is 0. The highest BCUT2D eigenvalue weighted by Gasteiger charge is 2.16. The zero-order valence-electron chi connectivity index (χ0n) is 16.0. The largest absolute Gasteiger partial charge is 0.343 e. The van der Waals surface area contributed by atoms with Crippen molar-refractivity contribution < 1.29 is 4.79 Å². The molecule has 0 aromatic heterocycles. The van der Waals surface area contributed by atoms with Gasteiger partial charge in [-0.15, -0.1) is 0 Å². The Bertz CT molecular complexity index is 353. The number of nitrogens with zero attached hydrogens (tertiary/aromatic N) is 1. The first-order chi connectivity index (χ1) is 11.8. The van der Waals surface area contributed by atoms with Gasteiger partial charge in [-0.1, -0.05) is 69.8 Å². The molecule has 0 saturated carbocycles. The SMILES string of the molecule is CCC=CCC=CCCCCCCCCCCC(=O)N1CCCC1. The van der Waals surface area contributed by atoms with E-state index in [9.17, 15) is 4.79 Å². The van der Waals surface area contributed by atoms with Gasteiger partial charge in [-0.3, -0.25) is 4.79 Å². The molecule has 1 amide bonds. The van der Waals surface area contributed by atoms with Crippen molar-refractivity contribution in [3.8, 4) is 0 Å². The van der Waals surface area contributed by atoms with Crippen molar-refractivity contribution in [2.75, 3.05) is 13.1 Å². The fraction of sp³-hybridized carbons (Fsp3) is 0.773. The number of hydrogen-bond acceptors (Lipinski definition) is 1. The summed E-state index contributed by atoms with van der Waals surface area (Å²) >= 11 is 0. The Kier molecular flexibility index (Phi) is 13.5. The van der Waals surface area contributed by atoms with Crippen molar-refractivity contribution in [1.29, 1.82) is 0 Å². The first-order valence-electron chi connectivity index (χ1n) is 10.4. The smallest absolute Gasteiger partial charge is 0.222 e. The van der Waals surface area contributed by atoms with E-state index >= 15 is 0 Å². The van der Waals surface area contributed by atoms with Gasteiger partial charge in [-0.25, -0.2) is 0 Å². The van der Waals surface area contributed by atoms with E-state index in [0.717, 1.165) is 38.8 Å². The quantitative estimate of drug-likeness (QED) is 0.265. The van der Waals surface area contributed by atoms with Gasteiger partial charge in [0, 0.05) is 19.5 Å². The van der Waals surface area contributed by atoms with Gasteiger partial charge in [-0.2, -0.15) is 0 Å². The van der Waals surface area contributed by atoms with Crippen LogP contribution in [0, 0.1) is 0 Å². The maximum atomic E-state index is 11.9. The van der Waals surface area contributed by atoms with Crippen LogP contribution in [0.4, 0.5) is 0 Å². The molecule has 0 atom stereocenters. The van der Waals surface area contributed by atoms with E-state index in [4.69, 9.17) is 0 Å². The zero-order valence-corrected chi connectivity index (χ0v) is 16.0. The summed E-state index contributed by atoms with van der Waals surface area (Å²) in [4.78, 5) is 13.9. The Morgan fingerprint density at radius 1 is 0.792 bits per heavy atom. The van der Waals surface area contributed by atoms with Crippen LogP contribution in [-0.4, -0.2) is 23.9 Å². The molecule has 2 nitrogen and oxygen atoms in total. The van der Waals surface area contributed by atoms with E-state index in [1.165, 1.54) is 64.2 Å². The highest BCUT2D eigenvalue weighted by molar-refractivity contribution is 5.76. The topological polar surface area (TPSA) is 20.3 Å². The fourth-order valence-corrected chi connectivity index (χ4v) is 3.28. The molecule has 1 aliphatic rings. The predicted molar refractivity (Wildman–Crippen MR) is 105 cm³/mol. The van der Waals surface area contributed by atoms with Crippen LogP contribution < -0.4 is 0 Å². The van der Waals surface area contributed by atoms with Crippen molar-refractivity contribution in [3.05, 3.63) is 24.3 Å². The van der Waals surface area contributed by atoms with Gasteiger partial charge in [-0.05, 0) is 44.9 Å². The number of allylic oxidation sites excluding steroid dienone is 4. The number of likely N-dealkylation sites (tertiary alicyclic amines) is 1. The third-order valence-electron chi connectivity index (χ3n) is 4.81. The maximum Gasteiger partial charge on any atom is 0.222 e. The van der Waals surface area contributed by atoms with Crippen molar-refractivity contribution >= 4 is 5.91 Å². The lowest BCUT2D eigenvalue weighted by Crippen LogP contribution is -2.27. The van der Waals surface area contributed by atoms with Crippen LogP contribution in [-0.2, 0) is 4.79 Å². The minimum absolute atomic E-state index is 0.394. The molecule has 1 aliphatic heterocycles. The third kappa shape index (κ3) is 11.5. The molecule has 0 N–H and O–H groups in total. The van der Waals surface area contributed by atoms with Gasteiger partial charge in [0.25, 0.3) is 0 Å². The summed E-state index contributed by atoms with van der Waals surface area (Å²) in [5, 5.41) is 0. The van der Waals surface area contributed by atoms with E-state index < -0.39 is 0 Å². The number of carbonyl (C=O) groups excluding carboxylic acids is 1. The van der Waals surface area contributed by atoms with E-state index in [-0.39, 0.29) is 0 Å². The van der Waals surface area contributed by atoms with Crippen molar-refractivity contribution in [2.45, 2.75) is 96.8 Å². The van der Waals surface area contributed by atoms with Crippen LogP contribution in [0.3, 0.4) is 0 Å². The molecule has 0 bridgehead atoms. The summed E-state index contributed by atoms with van der Waals surface area (Å²) < 4.78 is 0. The maximum absolute atomic E-state index is 11.9. The van der Waals surface area contributed by atoms with E-state index in [1.807, 2.05) is 0 Å². The average molecular weight is 334 g/mol. The Balaban J connectivity index is 1.77. The standard InChI is InChI=1S/C22H39NO/c1-2-3-4-5-6-7-8-9-10-11-12-13-14-15-16-19-22(24)23-20-17-18-21-23/h3-4,6-7H,2,5,8-21H2,1H3. The number of amides is 1. The average Bonchev–Trinajstić information content (AvgIpc) is 3.13. The van der Waals surface area contributed by atoms with E-state index in [1.54, 1.807) is 0 Å². The second-order valence-electron chi connectivity index (χ2n) is 7.04. The lowest BCUT2D eigenvalue weighted by Gasteiger charge is -2.14. The molecule has 24 heavy (non-hydrogen) atoms. The molecule has 0 aromatic rings. The molecular weight excluding hydrogens is 294 g/mol. The van der Waals surface area contributed by atoms with Crippen LogP contribution in [0.1, 0.15) is 96.8 Å². The van der Waals surface area contributed by atoms with Gasteiger partial charge in [0.15, 0.2) is 0 Å². The molecule has 0 radical (unpaired) electrons. The minimum Gasteiger partial charge on any atom is -0.343 e. The van der Waals surface area contributed by atoms with Crippen LogP contribution in [0.15, 0.2) is 24.3 Å². The molecule has 1 saturated heterocycles. The zero-order chi connectivity index (χ0) is 17.3. The lowest BCUT2D eigenvalue weighted by molar-refractivity contribution is -0.130. The first kappa shape index (κ1) is 21.0. The van der Waals surface area contributed by atoms with Gasteiger partial charge >= 0.3 is 0 Å². The van der Waals surface area contributed by atoms with Crippen LogP contribution >= 0.6 is 0 Å². The molecule has 0 aromatic carbocycles. The van der Waals surface area contributed by atoms with Crippen molar-refractivity contribution in [3.63, 3.8) is 0 Å². The molecule has 2 heteroatoms. The number of carbonyl (C=O) groups is 1. The molecular formula is C22H39NO. The molecule has 1 heterocycles. The summed E-state index contributed by atoms with van der Waals surface area (Å²) in [6.45, 7) is 4.18. The minimum atomic E-state index is 0.394. The monoisotopic (exact) mass is 333 g/mol. The molecule has 0 aliphatic carbocycles. The van der Waals surface area contributed by atoms with Crippen LogP contribution in [0.2, 0.25) is 0 Å². The Labute approximate surface area is 150 Å². The Morgan fingerprint density at radius 3 is 2.04 bits per heavy atom. The lowest BCUT2D eigenvalue weighted by atomic mass is 10.1. The van der Waals surface area contributed by atoms with Crippen molar-refractivity contribution in [1.82, 2.24) is 4.90 Å². The molecule has 0 unspecified atom stereocenters. The van der Waals surface area contributed by atoms with Crippen LogP contribution in [0.25, 0.3) is 0 Å². The Morgan fingerprint density at radius 2 is 1.38 bits per heavy atom. The molecule has 0 spiro atoms. The van der Waals surface area contributed by atoms with E-state index in [0.29, 0.717) is 5.91 Å². The molecule has 138 valence electrons. The van der Waals surface area contributed by atoms with Gasteiger partial charge in [0.1, 0.15) is 0 Å². The summed E-state index contributed by atoms with van der Waals surface area (Å²) in [6, 6.07) is 0.